The zero-order chi connectivity index (χ0) is 34.2. The van der Waals surface area contributed by atoms with Crippen LogP contribution in [0.1, 0.15) is 72.3 Å². The van der Waals surface area contributed by atoms with Crippen LogP contribution in [0.3, 0.4) is 0 Å². The summed E-state index contributed by atoms with van der Waals surface area (Å²) in [5, 5.41) is 9.94. The lowest BCUT2D eigenvalue weighted by Crippen LogP contribution is -2.60. The predicted octanol–water partition coefficient (Wildman–Crippen LogP) is 3.32. The maximum Gasteiger partial charge on any atom is 0.407 e. The summed E-state index contributed by atoms with van der Waals surface area (Å²) >= 11 is 0. The monoisotopic (exact) mass is 647 g/mol. The van der Waals surface area contributed by atoms with Crippen molar-refractivity contribution in [2.45, 2.75) is 97.4 Å². The highest BCUT2D eigenvalue weighted by Gasteiger charge is 2.35. The van der Waals surface area contributed by atoms with Gasteiger partial charge in [-0.25, -0.2) is 14.6 Å². The second kappa shape index (κ2) is 19.6. The fourth-order valence-corrected chi connectivity index (χ4v) is 5.61. The van der Waals surface area contributed by atoms with Gasteiger partial charge in [0.2, 0.25) is 5.91 Å². The van der Waals surface area contributed by atoms with E-state index in [1.54, 1.807) is 18.9 Å². The van der Waals surface area contributed by atoms with Gasteiger partial charge in [-0.2, -0.15) is 0 Å². The van der Waals surface area contributed by atoms with E-state index in [1.807, 2.05) is 44.2 Å². The van der Waals surface area contributed by atoms with Gasteiger partial charge < -0.3 is 30.2 Å². The fraction of sp³-hybridized carbons (Fsp3) is 0.667. The highest BCUT2D eigenvalue weighted by molar-refractivity contribution is 5.86. The van der Waals surface area contributed by atoms with Gasteiger partial charge in [-0.05, 0) is 42.6 Å². The highest BCUT2D eigenvalue weighted by atomic mass is 16.5. The molecule has 1 aliphatic rings. The average Bonchev–Trinajstić information content (AvgIpc) is 3.01. The van der Waals surface area contributed by atoms with E-state index in [0.29, 0.717) is 13.0 Å². The van der Waals surface area contributed by atoms with Crippen LogP contribution in [0.25, 0.3) is 0 Å². The summed E-state index contributed by atoms with van der Waals surface area (Å²) < 4.78 is 15.3. The number of esters is 1. The van der Waals surface area contributed by atoms with Crippen LogP contribution in [0.4, 0.5) is 9.59 Å². The Balaban J connectivity index is 2.46. The summed E-state index contributed by atoms with van der Waals surface area (Å²) in [6.07, 6.45) is 3.21. The number of benzene rings is 1. The largest absolute Gasteiger partial charge is 0.459 e. The molecular formula is C33H53N5O8. The smallest absolute Gasteiger partial charge is 0.407 e. The molecule has 1 aromatic carbocycles. The lowest BCUT2D eigenvalue weighted by atomic mass is 9.89. The number of carbonyl (C=O) groups is 5. The second-order valence-corrected chi connectivity index (χ2v) is 12.6. The molecule has 2 rings (SSSR count). The third-order valence-electron chi connectivity index (χ3n) is 8.08. The van der Waals surface area contributed by atoms with E-state index in [2.05, 4.69) is 21.4 Å². The minimum absolute atomic E-state index is 0.0550. The first-order chi connectivity index (χ1) is 21.8. The van der Waals surface area contributed by atoms with Crippen LogP contribution in [0.15, 0.2) is 30.3 Å². The van der Waals surface area contributed by atoms with E-state index >= 15 is 0 Å². The van der Waals surface area contributed by atoms with Gasteiger partial charge in [0.15, 0.2) is 0 Å². The van der Waals surface area contributed by atoms with Crippen molar-refractivity contribution in [3.63, 3.8) is 0 Å². The molecule has 4 N–H and O–H groups in total. The van der Waals surface area contributed by atoms with Crippen LogP contribution in [-0.2, 0) is 35.0 Å². The Morgan fingerprint density at radius 3 is 1.85 bits per heavy atom. The van der Waals surface area contributed by atoms with E-state index in [0.717, 1.165) is 37.7 Å². The number of nitrogens with one attached hydrogen (secondary N) is 4. The molecule has 258 valence electrons. The number of hydrazine groups is 1. The molecule has 2 unspecified atom stereocenters. The Labute approximate surface area is 272 Å². The molecule has 13 nitrogen and oxygen atoms in total. The minimum Gasteiger partial charge on any atom is -0.459 e. The van der Waals surface area contributed by atoms with Gasteiger partial charge in [0.1, 0.15) is 18.2 Å². The zero-order valence-corrected chi connectivity index (χ0v) is 28.3. The number of ether oxygens (including phenoxy) is 3. The van der Waals surface area contributed by atoms with Crippen molar-refractivity contribution < 1.29 is 38.2 Å². The van der Waals surface area contributed by atoms with Crippen molar-refractivity contribution in [2.24, 2.45) is 17.8 Å². The van der Waals surface area contributed by atoms with Crippen molar-refractivity contribution >= 4 is 30.0 Å². The molecule has 0 heterocycles. The molecule has 0 spiro atoms. The molecule has 13 heteroatoms. The normalized spacial score (nSPS) is 16.1. The van der Waals surface area contributed by atoms with E-state index in [4.69, 9.17) is 14.2 Å². The van der Waals surface area contributed by atoms with Crippen molar-refractivity contribution in [2.75, 3.05) is 27.3 Å². The summed E-state index contributed by atoms with van der Waals surface area (Å²) in [4.78, 5) is 63.8. The van der Waals surface area contributed by atoms with E-state index < -0.39 is 54.2 Å². The van der Waals surface area contributed by atoms with Crippen LogP contribution in [-0.4, -0.2) is 86.5 Å². The molecule has 0 aliphatic heterocycles. The predicted molar refractivity (Wildman–Crippen MR) is 172 cm³/mol. The Kier molecular flexibility index (Phi) is 16.3. The van der Waals surface area contributed by atoms with Crippen molar-refractivity contribution in [1.29, 1.82) is 0 Å². The first kappa shape index (κ1) is 38.3. The topological polar surface area (TPSA) is 164 Å². The average molecular weight is 648 g/mol. The molecule has 1 fully saturated rings. The Hall–Kier alpha value is -3.87. The van der Waals surface area contributed by atoms with Crippen LogP contribution in [0.5, 0.6) is 0 Å². The van der Waals surface area contributed by atoms with E-state index in [9.17, 15) is 24.0 Å². The first-order valence-corrected chi connectivity index (χ1v) is 16.1. The van der Waals surface area contributed by atoms with Crippen LogP contribution in [0, 0.1) is 17.8 Å². The molecule has 1 saturated carbocycles. The van der Waals surface area contributed by atoms with E-state index in [-0.39, 0.29) is 24.3 Å². The molecule has 0 aromatic heterocycles. The van der Waals surface area contributed by atoms with Gasteiger partial charge in [0.25, 0.3) is 5.91 Å². The minimum atomic E-state index is -0.919. The van der Waals surface area contributed by atoms with Crippen molar-refractivity contribution in [1.82, 2.24) is 26.4 Å². The zero-order valence-electron chi connectivity index (χ0n) is 28.3. The number of rotatable bonds is 16. The van der Waals surface area contributed by atoms with Gasteiger partial charge in [0, 0.05) is 13.5 Å². The van der Waals surface area contributed by atoms with Crippen LogP contribution < -0.4 is 21.4 Å². The highest BCUT2D eigenvalue weighted by Crippen LogP contribution is 2.25. The Morgan fingerprint density at radius 2 is 1.35 bits per heavy atom. The Bertz CT molecular complexity index is 1130. The number of nitrogens with zero attached hydrogens (tertiary/aromatic N) is 1. The van der Waals surface area contributed by atoms with Gasteiger partial charge >= 0.3 is 18.2 Å². The number of alkyl carbamates (subject to hydrolysis) is 2. The van der Waals surface area contributed by atoms with Gasteiger partial charge in [-0.15, -0.1) is 0 Å². The molecule has 1 aromatic rings. The molecule has 0 radical (unpaired) electrons. The molecule has 0 bridgehead atoms. The Morgan fingerprint density at radius 1 is 0.804 bits per heavy atom. The number of amides is 4. The summed E-state index contributed by atoms with van der Waals surface area (Å²) in [5.41, 5.74) is 3.86. The van der Waals surface area contributed by atoms with Crippen LogP contribution in [0.2, 0.25) is 0 Å². The molecule has 4 atom stereocenters. The number of hydrogen-bond donors (Lipinski definition) is 4. The SMILES string of the molecule is COC(=O)N[C@H](C(=O)NC(Cc1ccccc1)C(CN(CC1CCCCC1)NC(=O)[C@@H](NC(=O)OC)C(C)C)OC(C)=O)C(C)C. The maximum atomic E-state index is 13.6. The molecule has 1 aliphatic carbocycles. The van der Waals surface area contributed by atoms with Crippen molar-refractivity contribution in [3.8, 4) is 0 Å². The first-order valence-electron chi connectivity index (χ1n) is 16.1. The molecule has 0 saturated heterocycles. The van der Waals surface area contributed by atoms with Crippen LogP contribution >= 0.6 is 0 Å². The van der Waals surface area contributed by atoms with Gasteiger partial charge in [-0.1, -0.05) is 77.3 Å². The number of hydrogen-bond acceptors (Lipinski definition) is 9. The third-order valence-corrected chi connectivity index (χ3v) is 8.08. The number of carbonyl (C=O) groups excluding carboxylic acids is 5. The number of methoxy groups -OCH3 is 2. The molecular weight excluding hydrogens is 594 g/mol. The lowest BCUT2D eigenvalue weighted by molar-refractivity contribution is -0.151. The maximum absolute atomic E-state index is 13.6. The van der Waals surface area contributed by atoms with Gasteiger partial charge in [-0.3, -0.25) is 19.8 Å². The molecule has 4 amide bonds. The third kappa shape index (κ3) is 13.2. The van der Waals surface area contributed by atoms with E-state index in [1.165, 1.54) is 21.1 Å². The van der Waals surface area contributed by atoms with Crippen molar-refractivity contribution in [3.05, 3.63) is 35.9 Å². The quantitative estimate of drug-likeness (QED) is 0.120. The standard InChI is InChI=1S/C33H53N5O8/c1-21(2)28(35-32(42)44-6)30(40)34-26(18-24-14-10-8-11-15-24)27(46-23(5)39)20-38(19-25-16-12-9-13-17-25)37-31(41)29(22(3)4)36-33(43)45-7/h8,10-11,14-15,21-22,25-29H,9,12-13,16-20H2,1-7H3,(H,34,40)(H,35,42)(H,36,43)(H,37,41)/t26?,27?,28-,29-/m0/s1. The lowest BCUT2D eigenvalue weighted by Gasteiger charge is -2.36. The summed E-state index contributed by atoms with van der Waals surface area (Å²) in [5.74, 6) is -1.70. The summed E-state index contributed by atoms with van der Waals surface area (Å²) in [7, 11) is 2.45. The fourth-order valence-electron chi connectivity index (χ4n) is 5.61. The summed E-state index contributed by atoms with van der Waals surface area (Å²) in [6, 6.07) is 6.90. The second-order valence-electron chi connectivity index (χ2n) is 12.6. The van der Waals surface area contributed by atoms with Gasteiger partial charge in [0.05, 0.1) is 26.8 Å². The summed E-state index contributed by atoms with van der Waals surface area (Å²) in [6.45, 7) is 9.05. The molecule has 46 heavy (non-hydrogen) atoms.